The van der Waals surface area contributed by atoms with E-state index in [4.69, 9.17) is 0 Å². The number of imidazole rings is 1. The Hall–Kier alpha value is -3.02. The molecule has 0 aliphatic rings. The van der Waals surface area contributed by atoms with Crippen molar-refractivity contribution in [2.45, 2.75) is 6.54 Å². The van der Waals surface area contributed by atoms with Crippen LogP contribution in [0.25, 0.3) is 11.3 Å². The predicted molar refractivity (Wildman–Crippen MR) is 75.8 cm³/mol. The highest BCUT2D eigenvalue weighted by Crippen LogP contribution is 2.21. The molecule has 0 spiro atoms. The highest BCUT2D eigenvalue weighted by molar-refractivity contribution is 5.94. The molecule has 2 heterocycles. The fraction of sp³-hybridized carbons (Fsp3) is 0.0667. The van der Waals surface area contributed by atoms with E-state index >= 15 is 0 Å². The monoisotopic (exact) mass is 280 g/mol. The third-order valence-corrected chi connectivity index (χ3v) is 3.00. The van der Waals surface area contributed by atoms with Crippen LogP contribution in [0.3, 0.4) is 0 Å². The van der Waals surface area contributed by atoms with Gasteiger partial charge >= 0.3 is 5.97 Å². The van der Waals surface area contributed by atoms with Crippen LogP contribution in [0.1, 0.15) is 16.2 Å². The van der Waals surface area contributed by atoms with Crippen molar-refractivity contribution < 1.29 is 9.90 Å². The standard InChI is InChI=1S/C15H12N4O2/c20-15(21)12-8-17-13(9-19-7-6-16-10-19)18-14(12)11-4-2-1-3-5-11/h1-8,10H,9H2,(H,20,21). The Bertz CT molecular complexity index is 755. The van der Waals surface area contributed by atoms with Gasteiger partial charge < -0.3 is 9.67 Å². The largest absolute Gasteiger partial charge is 0.478 e. The topological polar surface area (TPSA) is 80.9 Å². The first kappa shape index (κ1) is 13.0. The van der Waals surface area contributed by atoms with Gasteiger partial charge in [0.25, 0.3) is 0 Å². The van der Waals surface area contributed by atoms with Crippen LogP contribution in [-0.4, -0.2) is 30.6 Å². The summed E-state index contributed by atoms with van der Waals surface area (Å²) in [6, 6.07) is 9.22. The van der Waals surface area contributed by atoms with Gasteiger partial charge in [-0.05, 0) is 0 Å². The van der Waals surface area contributed by atoms with Crippen molar-refractivity contribution in [1.29, 1.82) is 0 Å². The lowest BCUT2D eigenvalue weighted by Gasteiger charge is -2.08. The molecule has 0 amide bonds. The summed E-state index contributed by atoms with van der Waals surface area (Å²) in [5.41, 5.74) is 1.27. The molecule has 0 unspecified atom stereocenters. The molecule has 104 valence electrons. The van der Waals surface area contributed by atoms with Crippen molar-refractivity contribution in [2.24, 2.45) is 0 Å². The summed E-state index contributed by atoms with van der Waals surface area (Å²) in [5, 5.41) is 9.28. The summed E-state index contributed by atoms with van der Waals surface area (Å²) in [6.07, 6.45) is 6.49. The molecule has 0 aliphatic carbocycles. The molecular weight excluding hydrogens is 268 g/mol. The zero-order chi connectivity index (χ0) is 14.7. The van der Waals surface area contributed by atoms with E-state index in [1.54, 1.807) is 18.7 Å². The smallest absolute Gasteiger partial charge is 0.339 e. The van der Waals surface area contributed by atoms with Crippen LogP contribution in [0.5, 0.6) is 0 Å². The molecule has 0 radical (unpaired) electrons. The summed E-state index contributed by atoms with van der Waals surface area (Å²) in [4.78, 5) is 23.8. The van der Waals surface area contributed by atoms with Gasteiger partial charge in [0.1, 0.15) is 11.4 Å². The van der Waals surface area contributed by atoms with Crippen molar-refractivity contribution in [3.8, 4) is 11.3 Å². The number of hydrogen-bond acceptors (Lipinski definition) is 4. The molecule has 3 rings (SSSR count). The van der Waals surface area contributed by atoms with Crippen LogP contribution < -0.4 is 0 Å². The second-order valence-electron chi connectivity index (χ2n) is 4.45. The third-order valence-electron chi connectivity index (χ3n) is 3.00. The number of aromatic carboxylic acids is 1. The molecule has 0 aliphatic heterocycles. The predicted octanol–water partition coefficient (Wildman–Crippen LogP) is 2.09. The van der Waals surface area contributed by atoms with Crippen LogP contribution in [-0.2, 0) is 6.54 Å². The average Bonchev–Trinajstić information content (AvgIpc) is 3.01. The number of carboxylic acid groups (broad SMARTS) is 1. The van der Waals surface area contributed by atoms with Crippen molar-refractivity contribution >= 4 is 5.97 Å². The lowest BCUT2D eigenvalue weighted by molar-refractivity contribution is 0.0697. The van der Waals surface area contributed by atoms with Crippen LogP contribution in [0.2, 0.25) is 0 Å². The first-order valence-corrected chi connectivity index (χ1v) is 6.34. The van der Waals surface area contributed by atoms with Gasteiger partial charge in [-0.3, -0.25) is 0 Å². The maximum absolute atomic E-state index is 11.3. The zero-order valence-electron chi connectivity index (χ0n) is 11.0. The van der Waals surface area contributed by atoms with E-state index in [9.17, 15) is 9.90 Å². The number of aromatic nitrogens is 4. The maximum Gasteiger partial charge on any atom is 0.339 e. The maximum atomic E-state index is 11.3. The Kier molecular flexibility index (Phi) is 3.42. The lowest BCUT2D eigenvalue weighted by atomic mass is 10.1. The van der Waals surface area contributed by atoms with E-state index in [0.29, 0.717) is 18.1 Å². The Morgan fingerprint density at radius 2 is 2.05 bits per heavy atom. The Morgan fingerprint density at radius 1 is 1.24 bits per heavy atom. The van der Waals surface area contributed by atoms with Crippen LogP contribution in [0.15, 0.2) is 55.2 Å². The Labute approximate surface area is 120 Å². The molecule has 0 bridgehead atoms. The highest BCUT2D eigenvalue weighted by Gasteiger charge is 2.15. The number of carboxylic acids is 1. The van der Waals surface area contributed by atoms with E-state index in [-0.39, 0.29) is 5.56 Å². The summed E-state index contributed by atoms with van der Waals surface area (Å²) in [7, 11) is 0. The number of hydrogen-bond donors (Lipinski definition) is 1. The highest BCUT2D eigenvalue weighted by atomic mass is 16.4. The minimum Gasteiger partial charge on any atom is -0.478 e. The van der Waals surface area contributed by atoms with Crippen molar-refractivity contribution in [2.75, 3.05) is 0 Å². The van der Waals surface area contributed by atoms with E-state index in [0.717, 1.165) is 5.56 Å². The molecule has 3 aromatic rings. The zero-order valence-corrected chi connectivity index (χ0v) is 11.0. The fourth-order valence-corrected chi connectivity index (χ4v) is 2.01. The summed E-state index contributed by atoms with van der Waals surface area (Å²) in [5.74, 6) is -0.500. The first-order chi connectivity index (χ1) is 10.2. The molecule has 0 fully saturated rings. The second kappa shape index (κ2) is 5.54. The first-order valence-electron chi connectivity index (χ1n) is 6.34. The van der Waals surface area contributed by atoms with E-state index in [1.165, 1.54) is 6.20 Å². The normalized spacial score (nSPS) is 10.5. The van der Waals surface area contributed by atoms with Gasteiger partial charge in [-0.15, -0.1) is 0 Å². The Morgan fingerprint density at radius 3 is 2.71 bits per heavy atom. The Balaban J connectivity index is 2.04. The fourth-order valence-electron chi connectivity index (χ4n) is 2.01. The molecule has 6 heteroatoms. The van der Waals surface area contributed by atoms with Gasteiger partial charge in [-0.1, -0.05) is 30.3 Å². The van der Waals surface area contributed by atoms with Gasteiger partial charge in [0, 0.05) is 24.2 Å². The minimum atomic E-state index is -1.04. The van der Waals surface area contributed by atoms with Gasteiger partial charge in [0.2, 0.25) is 0 Å². The van der Waals surface area contributed by atoms with Gasteiger partial charge in [0.15, 0.2) is 0 Å². The number of benzene rings is 1. The quantitative estimate of drug-likeness (QED) is 0.791. The van der Waals surface area contributed by atoms with Crippen LogP contribution in [0.4, 0.5) is 0 Å². The average molecular weight is 280 g/mol. The molecule has 1 N–H and O–H groups in total. The van der Waals surface area contributed by atoms with E-state index in [2.05, 4.69) is 15.0 Å². The molecule has 2 aromatic heterocycles. The molecule has 0 saturated carbocycles. The molecule has 0 atom stereocenters. The summed E-state index contributed by atoms with van der Waals surface area (Å²) < 4.78 is 1.82. The summed E-state index contributed by atoms with van der Waals surface area (Å²) in [6.45, 7) is 0.444. The summed E-state index contributed by atoms with van der Waals surface area (Å²) >= 11 is 0. The molecule has 0 saturated heterocycles. The van der Waals surface area contributed by atoms with Crippen molar-refractivity contribution in [3.63, 3.8) is 0 Å². The van der Waals surface area contributed by atoms with E-state index < -0.39 is 5.97 Å². The van der Waals surface area contributed by atoms with E-state index in [1.807, 2.05) is 34.9 Å². The van der Waals surface area contributed by atoms with Crippen molar-refractivity contribution in [1.82, 2.24) is 19.5 Å². The number of nitrogens with zero attached hydrogens (tertiary/aromatic N) is 4. The van der Waals surface area contributed by atoms with Gasteiger partial charge in [-0.25, -0.2) is 19.7 Å². The number of rotatable bonds is 4. The minimum absolute atomic E-state index is 0.0931. The molecule has 21 heavy (non-hydrogen) atoms. The molecule has 6 nitrogen and oxygen atoms in total. The third kappa shape index (κ3) is 2.79. The van der Waals surface area contributed by atoms with Gasteiger partial charge in [0.05, 0.1) is 18.6 Å². The molecular formula is C15H12N4O2. The lowest BCUT2D eigenvalue weighted by Crippen LogP contribution is -2.08. The number of carbonyl (C=O) groups is 1. The van der Waals surface area contributed by atoms with Crippen molar-refractivity contribution in [3.05, 3.63) is 66.6 Å². The molecule has 1 aromatic carbocycles. The second-order valence-corrected chi connectivity index (χ2v) is 4.45. The van der Waals surface area contributed by atoms with Gasteiger partial charge in [-0.2, -0.15) is 0 Å². The SMILES string of the molecule is O=C(O)c1cnc(Cn2ccnc2)nc1-c1ccccc1. The van der Waals surface area contributed by atoms with Crippen LogP contribution >= 0.6 is 0 Å². The van der Waals surface area contributed by atoms with Crippen LogP contribution in [0, 0.1) is 0 Å².